The molecule has 2 heterocycles. The Morgan fingerprint density at radius 3 is 2.86 bits per heavy atom. The van der Waals surface area contributed by atoms with E-state index >= 15 is 0 Å². The van der Waals surface area contributed by atoms with Crippen LogP contribution in [0.15, 0.2) is 42.4 Å². The monoisotopic (exact) mass is 304 g/mol. The van der Waals surface area contributed by atoms with Crippen molar-refractivity contribution in [3.8, 4) is 0 Å². The van der Waals surface area contributed by atoms with Crippen LogP contribution in [-0.4, -0.2) is 11.9 Å². The minimum atomic E-state index is -0.687. The van der Waals surface area contributed by atoms with E-state index in [-0.39, 0.29) is 5.91 Å². The smallest absolute Gasteiger partial charge is 0.317 e. The van der Waals surface area contributed by atoms with E-state index in [1.807, 2.05) is 13.0 Å². The van der Waals surface area contributed by atoms with Crippen LogP contribution < -0.4 is 21.7 Å². The minimum absolute atomic E-state index is 0.297. The van der Waals surface area contributed by atoms with Crippen LogP contribution in [0.25, 0.3) is 0 Å². The first kappa shape index (κ1) is 14.9. The molecular weight excluding hydrogens is 288 g/mol. The highest BCUT2D eigenvalue weighted by atomic mass is 32.1. The third-order valence-corrected chi connectivity index (χ3v) is 3.88. The Balaban J connectivity index is 2.19. The van der Waals surface area contributed by atoms with Crippen LogP contribution in [0.3, 0.4) is 0 Å². The van der Waals surface area contributed by atoms with Crippen LogP contribution in [0, 0.1) is 0 Å². The van der Waals surface area contributed by atoms with Crippen molar-refractivity contribution in [2.75, 3.05) is 5.32 Å². The molecule has 0 aliphatic carbocycles. The number of hydrogen-bond donors (Lipinski definition) is 4. The zero-order valence-corrected chi connectivity index (χ0v) is 12.3. The van der Waals surface area contributed by atoms with Crippen molar-refractivity contribution < 1.29 is 9.59 Å². The highest BCUT2D eigenvalue weighted by molar-refractivity contribution is 7.16. The van der Waals surface area contributed by atoms with Crippen molar-refractivity contribution >= 4 is 28.3 Å². The van der Waals surface area contributed by atoms with E-state index in [2.05, 4.69) is 16.0 Å². The first-order valence-electron chi connectivity index (χ1n) is 6.40. The Morgan fingerprint density at radius 2 is 2.14 bits per heavy atom. The molecule has 1 aliphatic heterocycles. The fourth-order valence-electron chi connectivity index (χ4n) is 1.72. The van der Waals surface area contributed by atoms with Crippen LogP contribution in [0.2, 0.25) is 0 Å². The van der Waals surface area contributed by atoms with Crippen LogP contribution >= 0.6 is 11.3 Å². The third-order valence-electron chi connectivity index (χ3n) is 2.69. The van der Waals surface area contributed by atoms with E-state index in [0.29, 0.717) is 16.3 Å². The average molecular weight is 304 g/mol. The van der Waals surface area contributed by atoms with Gasteiger partial charge in [0.05, 0.1) is 11.3 Å². The number of aryl methyl sites for hydroxylation is 1. The molecule has 21 heavy (non-hydrogen) atoms. The Hall–Kier alpha value is -2.54. The summed E-state index contributed by atoms with van der Waals surface area (Å²) in [5.41, 5.74) is 6.16. The van der Waals surface area contributed by atoms with Crippen molar-refractivity contribution in [2.45, 2.75) is 13.3 Å². The molecule has 0 unspecified atom stereocenters. The fraction of sp³-hybridized carbons (Fsp3) is 0.143. The maximum atomic E-state index is 12.3. The number of urea groups is 1. The van der Waals surface area contributed by atoms with Gasteiger partial charge in [-0.3, -0.25) is 10.1 Å². The first-order chi connectivity index (χ1) is 10.1. The Bertz CT molecular complexity index is 643. The largest absolute Gasteiger partial charge is 0.366 e. The number of carbonyl (C=O) groups is 2. The molecular formula is C14H16N4O2S. The number of primary amides is 1. The van der Waals surface area contributed by atoms with Crippen molar-refractivity contribution in [1.29, 1.82) is 0 Å². The molecule has 0 saturated heterocycles. The summed E-state index contributed by atoms with van der Waals surface area (Å²) in [7, 11) is 0. The Labute approximate surface area is 126 Å². The summed E-state index contributed by atoms with van der Waals surface area (Å²) in [5.74, 6) is -0.297. The van der Waals surface area contributed by atoms with Crippen molar-refractivity contribution in [1.82, 2.24) is 10.6 Å². The molecule has 2 rings (SSSR count). The average Bonchev–Trinajstić information content (AvgIpc) is 2.66. The summed E-state index contributed by atoms with van der Waals surface area (Å²) < 4.78 is 0. The number of anilines is 1. The Kier molecular flexibility index (Phi) is 4.78. The molecule has 0 fully saturated rings. The molecule has 5 N–H and O–H groups in total. The molecule has 0 spiro atoms. The predicted molar refractivity (Wildman–Crippen MR) is 83.9 cm³/mol. The molecule has 1 aromatic rings. The number of allylic oxidation sites excluding steroid dienone is 3. The van der Waals surface area contributed by atoms with Gasteiger partial charge in [-0.15, -0.1) is 11.3 Å². The van der Waals surface area contributed by atoms with E-state index in [4.69, 9.17) is 5.73 Å². The number of amides is 3. The van der Waals surface area contributed by atoms with Crippen LogP contribution in [0.4, 0.5) is 9.80 Å². The molecule has 0 aromatic carbocycles. The number of thiophene rings is 1. The number of rotatable bonds is 4. The summed E-state index contributed by atoms with van der Waals surface area (Å²) in [4.78, 5) is 24.4. The van der Waals surface area contributed by atoms with Gasteiger partial charge in [0.1, 0.15) is 5.00 Å². The van der Waals surface area contributed by atoms with Crippen molar-refractivity contribution in [2.24, 2.45) is 5.73 Å². The maximum Gasteiger partial charge on any atom is 0.317 e. The quantitative estimate of drug-likeness (QED) is 0.685. The van der Waals surface area contributed by atoms with E-state index in [0.717, 1.165) is 11.3 Å². The molecule has 6 nitrogen and oxygen atoms in total. The molecule has 0 bridgehead atoms. The number of nitrogens with two attached hydrogens (primary N) is 1. The Morgan fingerprint density at radius 1 is 1.33 bits per heavy atom. The van der Waals surface area contributed by atoms with E-state index in [9.17, 15) is 9.59 Å². The predicted octanol–water partition coefficient (Wildman–Crippen LogP) is 2.05. The molecule has 0 saturated carbocycles. The summed E-state index contributed by atoms with van der Waals surface area (Å²) in [6.45, 7) is 1.98. The molecule has 3 amide bonds. The number of carbonyl (C=O) groups excluding carboxylic acids is 2. The molecule has 1 aliphatic rings. The fourth-order valence-corrected chi connectivity index (χ4v) is 2.72. The number of hydrogen-bond acceptors (Lipinski definition) is 4. The van der Waals surface area contributed by atoms with Crippen molar-refractivity contribution in [3.05, 3.63) is 52.8 Å². The van der Waals surface area contributed by atoms with E-state index < -0.39 is 6.03 Å². The first-order valence-corrected chi connectivity index (χ1v) is 7.21. The summed E-state index contributed by atoms with van der Waals surface area (Å²) >= 11 is 1.34. The summed E-state index contributed by atoms with van der Waals surface area (Å²) in [6, 6.07) is 1.07. The topological polar surface area (TPSA) is 96.2 Å². The van der Waals surface area contributed by atoms with Gasteiger partial charge in [-0.05, 0) is 24.6 Å². The molecule has 110 valence electrons. The van der Waals surface area contributed by atoms with Crippen LogP contribution in [0.5, 0.6) is 0 Å². The zero-order valence-electron chi connectivity index (χ0n) is 11.5. The van der Waals surface area contributed by atoms with Gasteiger partial charge in [0.2, 0.25) is 0 Å². The summed E-state index contributed by atoms with van der Waals surface area (Å²) in [5, 5.41) is 8.63. The molecule has 0 atom stereocenters. The van der Waals surface area contributed by atoms with Gasteiger partial charge in [-0.25, -0.2) is 4.79 Å². The highest BCUT2D eigenvalue weighted by Crippen LogP contribution is 2.28. The van der Waals surface area contributed by atoms with E-state index in [1.165, 1.54) is 11.3 Å². The van der Waals surface area contributed by atoms with E-state index in [1.54, 1.807) is 30.6 Å². The molecule has 0 radical (unpaired) electrons. The lowest BCUT2D eigenvalue weighted by molar-refractivity contribution is 0.0968. The standard InChI is InChI=1S/C14H16N4O2S/c1-2-10-7-11(13(21-10)18-14(15)20)12(19)17-9-5-3-4-6-16-8-9/h3-8,16H,2H2,1H3,(H,17,19)(H3,15,18,20). The van der Waals surface area contributed by atoms with Crippen LogP contribution in [-0.2, 0) is 6.42 Å². The lowest BCUT2D eigenvalue weighted by Crippen LogP contribution is -2.25. The molecule has 1 aromatic heterocycles. The SMILES string of the molecule is CCc1cc(C(=O)NC2=CNC=CC=C2)c(NC(N)=O)s1. The zero-order chi connectivity index (χ0) is 15.2. The van der Waals surface area contributed by atoms with Crippen LogP contribution in [0.1, 0.15) is 22.2 Å². The third kappa shape index (κ3) is 3.96. The summed E-state index contributed by atoms with van der Waals surface area (Å²) in [6.07, 6.45) is 9.58. The molecule has 7 heteroatoms. The van der Waals surface area contributed by atoms with Gasteiger partial charge in [0, 0.05) is 17.3 Å². The second kappa shape index (κ2) is 6.76. The van der Waals surface area contributed by atoms with Gasteiger partial charge < -0.3 is 16.4 Å². The maximum absolute atomic E-state index is 12.3. The van der Waals surface area contributed by atoms with Gasteiger partial charge in [-0.1, -0.05) is 13.0 Å². The second-order valence-corrected chi connectivity index (χ2v) is 5.37. The lowest BCUT2D eigenvalue weighted by Gasteiger charge is -2.06. The normalized spacial score (nSPS) is 13.1. The van der Waals surface area contributed by atoms with Crippen molar-refractivity contribution in [3.63, 3.8) is 0 Å². The van der Waals surface area contributed by atoms with Gasteiger partial charge in [-0.2, -0.15) is 0 Å². The highest BCUT2D eigenvalue weighted by Gasteiger charge is 2.17. The minimum Gasteiger partial charge on any atom is -0.366 e. The van der Waals surface area contributed by atoms with Gasteiger partial charge >= 0.3 is 6.03 Å². The second-order valence-electron chi connectivity index (χ2n) is 4.24. The van der Waals surface area contributed by atoms with Gasteiger partial charge in [0.15, 0.2) is 0 Å². The number of nitrogens with one attached hydrogen (secondary N) is 3. The van der Waals surface area contributed by atoms with Gasteiger partial charge in [0.25, 0.3) is 5.91 Å². The lowest BCUT2D eigenvalue weighted by atomic mass is 10.2.